The van der Waals surface area contributed by atoms with Crippen LogP contribution in [0.2, 0.25) is 5.02 Å². The first-order valence-corrected chi connectivity index (χ1v) is 6.29. The standard InChI is InChI=1S/C13H18ClN3/c1-4-8(2)12(15)13-16-10-6-5-9(14)7-11(10)17(13)3/h5-8,12H,4,15H2,1-3H3. The van der Waals surface area contributed by atoms with Crippen LogP contribution >= 0.6 is 11.6 Å². The molecule has 0 aliphatic heterocycles. The smallest absolute Gasteiger partial charge is 0.126 e. The average molecular weight is 252 g/mol. The monoisotopic (exact) mass is 251 g/mol. The summed E-state index contributed by atoms with van der Waals surface area (Å²) >= 11 is 6.00. The molecule has 1 aromatic heterocycles. The number of hydrogen-bond acceptors (Lipinski definition) is 2. The number of fused-ring (bicyclic) bond motifs is 1. The van der Waals surface area contributed by atoms with Crippen LogP contribution in [0.5, 0.6) is 0 Å². The van der Waals surface area contributed by atoms with Crippen molar-refractivity contribution in [2.24, 2.45) is 18.7 Å². The molecule has 2 atom stereocenters. The summed E-state index contributed by atoms with van der Waals surface area (Å²) in [5, 5.41) is 0.726. The summed E-state index contributed by atoms with van der Waals surface area (Å²) in [6.07, 6.45) is 1.05. The van der Waals surface area contributed by atoms with Crippen molar-refractivity contribution in [1.29, 1.82) is 0 Å². The van der Waals surface area contributed by atoms with Gasteiger partial charge in [0.1, 0.15) is 5.82 Å². The molecule has 0 aliphatic rings. The summed E-state index contributed by atoms with van der Waals surface area (Å²) in [7, 11) is 1.99. The molecule has 2 rings (SSSR count). The molecule has 2 unspecified atom stereocenters. The normalized spacial score (nSPS) is 15.1. The molecule has 0 fully saturated rings. The summed E-state index contributed by atoms with van der Waals surface area (Å²) in [6, 6.07) is 5.69. The molecule has 0 radical (unpaired) electrons. The highest BCUT2D eigenvalue weighted by molar-refractivity contribution is 6.31. The van der Waals surface area contributed by atoms with E-state index in [-0.39, 0.29) is 6.04 Å². The molecule has 0 saturated heterocycles. The second kappa shape index (κ2) is 4.67. The number of aryl methyl sites for hydroxylation is 1. The molecule has 0 aliphatic carbocycles. The van der Waals surface area contributed by atoms with Gasteiger partial charge in [0.05, 0.1) is 17.1 Å². The highest BCUT2D eigenvalue weighted by Crippen LogP contribution is 2.26. The fourth-order valence-electron chi connectivity index (χ4n) is 1.99. The Kier molecular flexibility index (Phi) is 3.40. The van der Waals surface area contributed by atoms with Crippen molar-refractivity contribution < 1.29 is 0 Å². The van der Waals surface area contributed by atoms with Gasteiger partial charge in [0.15, 0.2) is 0 Å². The van der Waals surface area contributed by atoms with E-state index in [1.54, 1.807) is 0 Å². The number of rotatable bonds is 3. The Bertz CT molecular complexity index is 533. The van der Waals surface area contributed by atoms with Gasteiger partial charge in [0.2, 0.25) is 0 Å². The number of hydrogen-bond donors (Lipinski definition) is 1. The Balaban J connectivity index is 2.52. The van der Waals surface area contributed by atoms with Gasteiger partial charge in [-0.25, -0.2) is 4.98 Å². The average Bonchev–Trinajstić information content (AvgIpc) is 2.65. The van der Waals surface area contributed by atoms with Crippen LogP contribution in [0, 0.1) is 5.92 Å². The van der Waals surface area contributed by atoms with Crippen molar-refractivity contribution >= 4 is 22.6 Å². The van der Waals surface area contributed by atoms with Gasteiger partial charge in [0.25, 0.3) is 0 Å². The lowest BCUT2D eigenvalue weighted by Gasteiger charge is -2.17. The van der Waals surface area contributed by atoms with Gasteiger partial charge < -0.3 is 10.3 Å². The largest absolute Gasteiger partial charge is 0.330 e. The van der Waals surface area contributed by atoms with Crippen molar-refractivity contribution in [3.05, 3.63) is 29.0 Å². The number of benzene rings is 1. The summed E-state index contributed by atoms with van der Waals surface area (Å²) in [4.78, 5) is 4.60. The Morgan fingerprint density at radius 2 is 2.18 bits per heavy atom. The van der Waals surface area contributed by atoms with E-state index in [0.717, 1.165) is 28.3 Å². The third kappa shape index (κ3) is 2.17. The van der Waals surface area contributed by atoms with Gasteiger partial charge in [-0.2, -0.15) is 0 Å². The zero-order chi connectivity index (χ0) is 12.6. The van der Waals surface area contributed by atoms with Gasteiger partial charge >= 0.3 is 0 Å². The lowest BCUT2D eigenvalue weighted by atomic mass is 9.99. The third-order valence-corrected chi connectivity index (χ3v) is 3.67. The third-order valence-electron chi connectivity index (χ3n) is 3.43. The Hall–Kier alpha value is -1.06. The van der Waals surface area contributed by atoms with Gasteiger partial charge in [-0.15, -0.1) is 0 Å². The van der Waals surface area contributed by atoms with Crippen molar-refractivity contribution in [2.75, 3.05) is 0 Å². The number of aromatic nitrogens is 2. The summed E-state index contributed by atoms with van der Waals surface area (Å²) in [5.74, 6) is 1.35. The topological polar surface area (TPSA) is 43.8 Å². The van der Waals surface area contributed by atoms with Crippen LogP contribution in [0.3, 0.4) is 0 Å². The second-order valence-electron chi connectivity index (χ2n) is 4.57. The van der Waals surface area contributed by atoms with E-state index < -0.39 is 0 Å². The van der Waals surface area contributed by atoms with Crippen LogP contribution < -0.4 is 5.73 Å². The van der Waals surface area contributed by atoms with Crippen molar-refractivity contribution in [3.63, 3.8) is 0 Å². The van der Waals surface area contributed by atoms with Gasteiger partial charge in [0, 0.05) is 12.1 Å². The van der Waals surface area contributed by atoms with E-state index in [9.17, 15) is 0 Å². The molecule has 4 heteroatoms. The predicted octanol–water partition coefficient (Wildman–Crippen LogP) is 3.27. The van der Waals surface area contributed by atoms with Crippen LogP contribution in [0.1, 0.15) is 32.1 Å². The minimum Gasteiger partial charge on any atom is -0.330 e. The minimum atomic E-state index is -0.0313. The molecule has 0 saturated carbocycles. The first-order chi connectivity index (χ1) is 8.04. The molecule has 2 N–H and O–H groups in total. The van der Waals surface area contributed by atoms with Crippen LogP contribution in [0.25, 0.3) is 11.0 Å². The molecule has 92 valence electrons. The lowest BCUT2D eigenvalue weighted by Crippen LogP contribution is -2.22. The molecular weight excluding hydrogens is 234 g/mol. The summed E-state index contributed by atoms with van der Waals surface area (Å²) in [6.45, 7) is 4.29. The zero-order valence-electron chi connectivity index (χ0n) is 10.4. The van der Waals surface area contributed by atoms with Crippen LogP contribution in [0.4, 0.5) is 0 Å². The zero-order valence-corrected chi connectivity index (χ0v) is 11.2. The minimum absolute atomic E-state index is 0.0313. The maximum absolute atomic E-state index is 6.24. The number of nitrogens with zero attached hydrogens (tertiary/aromatic N) is 2. The van der Waals surface area contributed by atoms with Gasteiger partial charge in [-0.1, -0.05) is 31.9 Å². The highest BCUT2D eigenvalue weighted by atomic mass is 35.5. The first kappa shape index (κ1) is 12.4. The second-order valence-corrected chi connectivity index (χ2v) is 5.01. The maximum Gasteiger partial charge on any atom is 0.126 e. The molecular formula is C13H18ClN3. The highest BCUT2D eigenvalue weighted by Gasteiger charge is 2.19. The quantitative estimate of drug-likeness (QED) is 0.910. The number of imidazole rings is 1. The van der Waals surface area contributed by atoms with Crippen molar-refractivity contribution in [2.45, 2.75) is 26.3 Å². The molecule has 0 bridgehead atoms. The van der Waals surface area contributed by atoms with Crippen LogP contribution in [-0.4, -0.2) is 9.55 Å². The van der Waals surface area contributed by atoms with E-state index in [0.29, 0.717) is 5.92 Å². The van der Waals surface area contributed by atoms with E-state index in [4.69, 9.17) is 17.3 Å². The Morgan fingerprint density at radius 1 is 1.47 bits per heavy atom. The van der Waals surface area contributed by atoms with Crippen LogP contribution in [-0.2, 0) is 7.05 Å². The van der Waals surface area contributed by atoms with E-state index >= 15 is 0 Å². The van der Waals surface area contributed by atoms with Gasteiger partial charge in [-0.3, -0.25) is 0 Å². The molecule has 0 amide bonds. The first-order valence-electron chi connectivity index (χ1n) is 5.92. The van der Waals surface area contributed by atoms with Gasteiger partial charge in [-0.05, 0) is 24.1 Å². The van der Waals surface area contributed by atoms with Crippen LogP contribution in [0.15, 0.2) is 18.2 Å². The molecule has 0 spiro atoms. The number of halogens is 1. The SMILES string of the molecule is CCC(C)C(N)c1nc2ccc(Cl)cc2n1C. The Morgan fingerprint density at radius 3 is 2.82 bits per heavy atom. The Labute approximate surface area is 107 Å². The summed E-state index contributed by atoms with van der Waals surface area (Å²) < 4.78 is 2.04. The molecule has 3 nitrogen and oxygen atoms in total. The molecule has 1 aromatic carbocycles. The van der Waals surface area contributed by atoms with E-state index in [1.165, 1.54) is 0 Å². The van der Waals surface area contributed by atoms with Crippen molar-refractivity contribution in [3.8, 4) is 0 Å². The van der Waals surface area contributed by atoms with E-state index in [1.807, 2.05) is 29.8 Å². The fourth-order valence-corrected chi connectivity index (χ4v) is 2.15. The molecule has 2 aromatic rings. The fraction of sp³-hybridized carbons (Fsp3) is 0.462. The lowest BCUT2D eigenvalue weighted by molar-refractivity contribution is 0.432. The van der Waals surface area contributed by atoms with E-state index in [2.05, 4.69) is 18.8 Å². The maximum atomic E-state index is 6.24. The predicted molar refractivity (Wildman–Crippen MR) is 72.1 cm³/mol. The van der Waals surface area contributed by atoms with Crippen molar-refractivity contribution in [1.82, 2.24) is 9.55 Å². The molecule has 1 heterocycles. The molecule has 17 heavy (non-hydrogen) atoms. The summed E-state index contributed by atoms with van der Waals surface area (Å²) in [5.41, 5.74) is 8.22. The number of nitrogens with two attached hydrogens (primary N) is 1.